The Balaban J connectivity index is 2.25. The van der Waals surface area contributed by atoms with Crippen LogP contribution in [0.2, 0.25) is 0 Å². The van der Waals surface area contributed by atoms with Gasteiger partial charge >= 0.3 is 6.18 Å². The van der Waals surface area contributed by atoms with Crippen molar-refractivity contribution in [2.24, 2.45) is 0 Å². The largest absolute Gasteiger partial charge is 0.418 e. The van der Waals surface area contributed by atoms with Crippen molar-refractivity contribution in [3.8, 4) is 0 Å². The molecule has 0 atom stereocenters. The standard InChI is InChI=1S/C12H12F3N3/c1-7-17-10-9(12(13,14)15)5-6-16-11(10)18(7)8-3-2-4-8/h5-6,8H,2-4H2,1H3. The minimum atomic E-state index is -4.38. The van der Waals surface area contributed by atoms with Crippen LogP contribution in [0.4, 0.5) is 13.2 Å². The Morgan fingerprint density at radius 2 is 2.06 bits per heavy atom. The highest BCUT2D eigenvalue weighted by Gasteiger charge is 2.35. The Labute approximate surface area is 102 Å². The lowest BCUT2D eigenvalue weighted by atomic mass is 9.93. The molecule has 2 heterocycles. The van der Waals surface area contributed by atoms with Gasteiger partial charge in [-0.3, -0.25) is 0 Å². The summed E-state index contributed by atoms with van der Waals surface area (Å²) in [6.07, 6.45) is -0.0783. The van der Waals surface area contributed by atoms with E-state index in [0.717, 1.165) is 25.3 Å². The van der Waals surface area contributed by atoms with Gasteiger partial charge in [-0.2, -0.15) is 13.2 Å². The predicted molar refractivity (Wildman–Crippen MR) is 60.2 cm³/mol. The van der Waals surface area contributed by atoms with Gasteiger partial charge in [0.1, 0.15) is 11.3 Å². The van der Waals surface area contributed by atoms with Crippen molar-refractivity contribution in [2.75, 3.05) is 0 Å². The summed E-state index contributed by atoms with van der Waals surface area (Å²) in [5.74, 6) is 0.610. The quantitative estimate of drug-likeness (QED) is 0.781. The molecule has 18 heavy (non-hydrogen) atoms. The van der Waals surface area contributed by atoms with E-state index in [9.17, 15) is 13.2 Å². The van der Waals surface area contributed by atoms with Gasteiger partial charge in [-0.05, 0) is 32.3 Å². The average Bonchev–Trinajstić information content (AvgIpc) is 2.52. The molecule has 1 aliphatic rings. The van der Waals surface area contributed by atoms with E-state index in [4.69, 9.17) is 0 Å². The number of pyridine rings is 1. The van der Waals surface area contributed by atoms with Crippen LogP contribution in [0.3, 0.4) is 0 Å². The van der Waals surface area contributed by atoms with E-state index < -0.39 is 11.7 Å². The van der Waals surface area contributed by atoms with Gasteiger partial charge in [0.25, 0.3) is 0 Å². The number of halogens is 3. The van der Waals surface area contributed by atoms with E-state index >= 15 is 0 Å². The highest BCUT2D eigenvalue weighted by Crippen LogP contribution is 2.38. The van der Waals surface area contributed by atoms with E-state index in [-0.39, 0.29) is 11.6 Å². The van der Waals surface area contributed by atoms with E-state index in [0.29, 0.717) is 11.5 Å². The molecule has 0 bridgehead atoms. The first-order chi connectivity index (χ1) is 8.48. The molecule has 96 valence electrons. The highest BCUT2D eigenvalue weighted by molar-refractivity contribution is 5.76. The molecule has 0 radical (unpaired) electrons. The van der Waals surface area contributed by atoms with E-state index in [1.165, 1.54) is 6.20 Å². The first-order valence-electron chi connectivity index (χ1n) is 5.89. The molecule has 0 amide bonds. The van der Waals surface area contributed by atoms with Gasteiger partial charge in [-0.25, -0.2) is 9.97 Å². The summed E-state index contributed by atoms with van der Waals surface area (Å²) in [5, 5.41) is 0. The topological polar surface area (TPSA) is 30.7 Å². The number of imidazole rings is 1. The molecule has 1 fully saturated rings. The van der Waals surface area contributed by atoms with Gasteiger partial charge in [-0.1, -0.05) is 0 Å². The number of nitrogens with zero attached hydrogens (tertiary/aromatic N) is 3. The van der Waals surface area contributed by atoms with Crippen LogP contribution in [0.5, 0.6) is 0 Å². The second kappa shape index (κ2) is 3.70. The third kappa shape index (κ3) is 1.59. The number of aromatic nitrogens is 3. The average molecular weight is 255 g/mol. The minimum Gasteiger partial charge on any atom is -0.310 e. The molecule has 1 aliphatic carbocycles. The fourth-order valence-corrected chi connectivity index (χ4v) is 2.41. The summed E-state index contributed by atoms with van der Waals surface area (Å²) in [7, 11) is 0. The number of aryl methyl sites for hydroxylation is 1. The molecule has 2 aromatic heterocycles. The van der Waals surface area contributed by atoms with Crippen LogP contribution in [-0.2, 0) is 6.18 Å². The summed E-state index contributed by atoms with van der Waals surface area (Å²) in [5.41, 5.74) is -0.380. The van der Waals surface area contributed by atoms with E-state index in [1.807, 2.05) is 4.57 Å². The molecule has 0 unspecified atom stereocenters. The zero-order chi connectivity index (χ0) is 12.9. The lowest BCUT2D eigenvalue weighted by Crippen LogP contribution is -2.18. The molecule has 6 heteroatoms. The van der Waals surface area contributed by atoms with Crippen LogP contribution in [0.1, 0.15) is 36.7 Å². The van der Waals surface area contributed by atoms with Gasteiger partial charge in [0.2, 0.25) is 0 Å². The first kappa shape index (κ1) is 11.5. The fraction of sp³-hybridized carbons (Fsp3) is 0.500. The van der Waals surface area contributed by atoms with Crippen LogP contribution in [0.25, 0.3) is 11.2 Å². The SMILES string of the molecule is Cc1nc2c(C(F)(F)F)ccnc2n1C1CCC1. The molecule has 3 rings (SSSR count). The Hall–Kier alpha value is -1.59. The van der Waals surface area contributed by atoms with Crippen LogP contribution >= 0.6 is 0 Å². The van der Waals surface area contributed by atoms with Crippen molar-refractivity contribution in [1.29, 1.82) is 0 Å². The summed E-state index contributed by atoms with van der Waals surface area (Å²) >= 11 is 0. The van der Waals surface area contributed by atoms with Crippen LogP contribution in [-0.4, -0.2) is 14.5 Å². The number of hydrogen-bond donors (Lipinski definition) is 0. The molecule has 0 aromatic carbocycles. The van der Waals surface area contributed by atoms with Crippen LogP contribution in [0.15, 0.2) is 12.3 Å². The molecule has 2 aromatic rings. The van der Waals surface area contributed by atoms with Gasteiger partial charge < -0.3 is 4.57 Å². The zero-order valence-corrected chi connectivity index (χ0v) is 9.83. The molecular weight excluding hydrogens is 243 g/mol. The highest BCUT2D eigenvalue weighted by atomic mass is 19.4. The summed E-state index contributed by atoms with van der Waals surface area (Å²) in [6, 6.07) is 1.24. The number of alkyl halides is 3. The molecule has 0 N–H and O–H groups in total. The van der Waals surface area contributed by atoms with Gasteiger partial charge in [0, 0.05) is 12.2 Å². The summed E-state index contributed by atoms with van der Waals surface area (Å²) in [4.78, 5) is 8.14. The Morgan fingerprint density at radius 1 is 1.33 bits per heavy atom. The lowest BCUT2D eigenvalue weighted by molar-refractivity contribution is -0.136. The maximum absolute atomic E-state index is 12.9. The Bertz CT molecular complexity index is 596. The third-order valence-corrected chi connectivity index (χ3v) is 3.50. The van der Waals surface area contributed by atoms with Crippen LogP contribution in [0, 0.1) is 6.92 Å². The van der Waals surface area contributed by atoms with Crippen molar-refractivity contribution in [3.05, 3.63) is 23.7 Å². The van der Waals surface area contributed by atoms with Crippen molar-refractivity contribution >= 4 is 11.2 Å². The number of rotatable bonds is 1. The van der Waals surface area contributed by atoms with Crippen molar-refractivity contribution in [1.82, 2.24) is 14.5 Å². The normalized spacial score (nSPS) is 17.1. The zero-order valence-electron chi connectivity index (χ0n) is 9.83. The van der Waals surface area contributed by atoms with Crippen LogP contribution < -0.4 is 0 Å². The summed E-state index contributed by atoms with van der Waals surface area (Å²) in [6.45, 7) is 1.74. The maximum Gasteiger partial charge on any atom is 0.418 e. The van der Waals surface area contributed by atoms with Gasteiger partial charge in [-0.15, -0.1) is 0 Å². The second-order valence-electron chi connectivity index (χ2n) is 4.64. The molecule has 1 saturated carbocycles. The second-order valence-corrected chi connectivity index (χ2v) is 4.64. The smallest absolute Gasteiger partial charge is 0.310 e. The molecule has 0 aliphatic heterocycles. The lowest BCUT2D eigenvalue weighted by Gasteiger charge is -2.28. The molecule has 3 nitrogen and oxygen atoms in total. The predicted octanol–water partition coefficient (Wildman–Crippen LogP) is 3.48. The minimum absolute atomic E-state index is 0.0330. The van der Waals surface area contributed by atoms with Crippen molar-refractivity contribution in [2.45, 2.75) is 38.4 Å². The van der Waals surface area contributed by atoms with Gasteiger partial charge in [0.15, 0.2) is 5.65 Å². The van der Waals surface area contributed by atoms with E-state index in [1.54, 1.807) is 6.92 Å². The van der Waals surface area contributed by atoms with E-state index in [2.05, 4.69) is 9.97 Å². The monoisotopic (exact) mass is 255 g/mol. The summed E-state index contributed by atoms with van der Waals surface area (Å²) < 4.78 is 40.5. The third-order valence-electron chi connectivity index (χ3n) is 3.50. The Kier molecular flexibility index (Phi) is 2.36. The maximum atomic E-state index is 12.9. The fourth-order valence-electron chi connectivity index (χ4n) is 2.41. The Morgan fingerprint density at radius 3 is 2.61 bits per heavy atom. The number of hydrogen-bond acceptors (Lipinski definition) is 2. The van der Waals surface area contributed by atoms with Crippen molar-refractivity contribution < 1.29 is 13.2 Å². The first-order valence-corrected chi connectivity index (χ1v) is 5.89. The van der Waals surface area contributed by atoms with Crippen molar-refractivity contribution in [3.63, 3.8) is 0 Å². The number of fused-ring (bicyclic) bond motifs is 1. The van der Waals surface area contributed by atoms with Gasteiger partial charge in [0.05, 0.1) is 5.56 Å². The molecular formula is C12H12F3N3. The molecule has 0 spiro atoms. The molecule has 0 saturated heterocycles.